The average Bonchev–Trinajstić information content (AvgIpc) is 2.94. The van der Waals surface area contributed by atoms with Crippen molar-refractivity contribution in [1.82, 2.24) is 9.59 Å². The molecule has 0 fully saturated rings. The highest BCUT2D eigenvalue weighted by molar-refractivity contribution is 7.08. The molecule has 20 heavy (non-hydrogen) atoms. The number of anilines is 2. The van der Waals surface area contributed by atoms with Gasteiger partial charge >= 0.3 is 0 Å². The van der Waals surface area contributed by atoms with Crippen LogP contribution in [0.15, 0.2) is 18.2 Å². The number of nitrogens with two attached hydrogens (primary N) is 1. The van der Waals surface area contributed by atoms with Gasteiger partial charge in [-0.2, -0.15) is 0 Å². The van der Waals surface area contributed by atoms with Gasteiger partial charge in [-0.3, -0.25) is 4.79 Å². The number of fused-ring (bicyclic) bond motifs is 1. The van der Waals surface area contributed by atoms with Crippen LogP contribution in [-0.2, 0) is 12.8 Å². The van der Waals surface area contributed by atoms with Crippen LogP contribution in [-0.4, -0.2) is 22.0 Å². The maximum absolute atomic E-state index is 12.7. The lowest BCUT2D eigenvalue weighted by Gasteiger charge is -2.29. The van der Waals surface area contributed by atoms with Gasteiger partial charge in [0, 0.05) is 17.9 Å². The van der Waals surface area contributed by atoms with Crippen molar-refractivity contribution in [2.24, 2.45) is 0 Å². The van der Waals surface area contributed by atoms with Gasteiger partial charge in [0.25, 0.3) is 5.91 Å². The van der Waals surface area contributed by atoms with Crippen LogP contribution < -0.4 is 10.6 Å². The van der Waals surface area contributed by atoms with E-state index in [2.05, 4.69) is 9.59 Å². The van der Waals surface area contributed by atoms with E-state index in [0.717, 1.165) is 37.2 Å². The highest BCUT2D eigenvalue weighted by Gasteiger charge is 2.27. The monoisotopic (exact) mass is 288 g/mol. The Morgan fingerprint density at radius 3 is 3.15 bits per heavy atom. The molecule has 0 radical (unpaired) electrons. The Balaban J connectivity index is 2.00. The third kappa shape index (κ3) is 2.16. The van der Waals surface area contributed by atoms with Gasteiger partial charge in [-0.15, -0.1) is 5.10 Å². The lowest BCUT2D eigenvalue weighted by atomic mass is 10.0. The van der Waals surface area contributed by atoms with Gasteiger partial charge in [-0.05, 0) is 48.5 Å². The molecule has 1 aliphatic rings. The summed E-state index contributed by atoms with van der Waals surface area (Å²) in [5.74, 6) is -0.0107. The molecule has 5 nitrogen and oxygen atoms in total. The minimum Gasteiger partial charge on any atom is -0.399 e. The molecule has 2 heterocycles. The fourth-order valence-corrected chi connectivity index (χ4v) is 3.23. The molecule has 1 amide bonds. The summed E-state index contributed by atoms with van der Waals surface area (Å²) >= 11 is 1.17. The number of amides is 1. The number of carbonyl (C=O) groups excluding carboxylic acids is 1. The van der Waals surface area contributed by atoms with Gasteiger partial charge < -0.3 is 10.6 Å². The summed E-state index contributed by atoms with van der Waals surface area (Å²) in [4.78, 5) is 15.2. The standard InChI is InChI=1S/C14H16N4OS/c1-2-11-13(20-17-16-11)14(19)18-7-3-4-9-5-6-10(15)8-12(9)18/h5-6,8H,2-4,7,15H2,1H3. The SMILES string of the molecule is CCc1nnsc1C(=O)N1CCCc2ccc(N)cc21. The smallest absolute Gasteiger partial charge is 0.271 e. The largest absolute Gasteiger partial charge is 0.399 e. The number of hydrogen-bond donors (Lipinski definition) is 1. The van der Waals surface area contributed by atoms with Gasteiger partial charge in [0.1, 0.15) is 4.88 Å². The molecule has 1 aromatic heterocycles. The van der Waals surface area contributed by atoms with Gasteiger partial charge in [0.15, 0.2) is 0 Å². The Morgan fingerprint density at radius 2 is 2.35 bits per heavy atom. The molecular formula is C14H16N4OS. The molecule has 0 bridgehead atoms. The molecule has 1 aromatic carbocycles. The summed E-state index contributed by atoms with van der Waals surface area (Å²) in [7, 11) is 0. The van der Waals surface area contributed by atoms with Crippen molar-refractivity contribution in [3.63, 3.8) is 0 Å². The van der Waals surface area contributed by atoms with Crippen molar-refractivity contribution in [3.05, 3.63) is 34.3 Å². The minimum atomic E-state index is -0.0107. The molecular weight excluding hydrogens is 272 g/mol. The molecule has 1 aliphatic heterocycles. The Labute approximate surface area is 121 Å². The van der Waals surface area contributed by atoms with Crippen LogP contribution in [0.1, 0.15) is 34.3 Å². The van der Waals surface area contributed by atoms with Gasteiger partial charge in [0.05, 0.1) is 5.69 Å². The maximum atomic E-state index is 12.7. The first kappa shape index (κ1) is 13.1. The lowest BCUT2D eigenvalue weighted by Crippen LogP contribution is -2.35. The van der Waals surface area contributed by atoms with Crippen LogP contribution in [0.4, 0.5) is 11.4 Å². The fourth-order valence-electron chi connectivity index (χ4n) is 2.53. The Bertz CT molecular complexity index is 652. The van der Waals surface area contributed by atoms with E-state index >= 15 is 0 Å². The predicted octanol–water partition coefficient (Wildman–Crippen LogP) is 2.28. The summed E-state index contributed by atoms with van der Waals surface area (Å²) in [6.45, 7) is 2.70. The maximum Gasteiger partial charge on any atom is 0.271 e. The molecule has 2 N–H and O–H groups in total. The highest BCUT2D eigenvalue weighted by Crippen LogP contribution is 2.31. The summed E-state index contributed by atoms with van der Waals surface area (Å²) in [6.07, 6.45) is 2.67. The first-order chi connectivity index (χ1) is 9.70. The van der Waals surface area contributed by atoms with Crippen molar-refractivity contribution >= 4 is 28.8 Å². The average molecular weight is 288 g/mol. The molecule has 0 saturated heterocycles. The van der Waals surface area contributed by atoms with E-state index < -0.39 is 0 Å². The topological polar surface area (TPSA) is 72.1 Å². The molecule has 104 valence electrons. The van der Waals surface area contributed by atoms with Gasteiger partial charge in [-0.25, -0.2) is 0 Å². The lowest BCUT2D eigenvalue weighted by molar-refractivity contribution is 0.0988. The molecule has 3 rings (SSSR count). The summed E-state index contributed by atoms with van der Waals surface area (Å²) in [5.41, 5.74) is 9.42. The van der Waals surface area contributed by atoms with E-state index in [0.29, 0.717) is 10.6 Å². The number of rotatable bonds is 2. The van der Waals surface area contributed by atoms with E-state index in [4.69, 9.17) is 5.73 Å². The van der Waals surface area contributed by atoms with E-state index in [1.165, 1.54) is 17.1 Å². The van der Waals surface area contributed by atoms with Crippen LogP contribution in [0.3, 0.4) is 0 Å². The van der Waals surface area contributed by atoms with E-state index in [9.17, 15) is 4.79 Å². The zero-order valence-electron chi connectivity index (χ0n) is 11.3. The Kier molecular flexibility index (Phi) is 3.40. The van der Waals surface area contributed by atoms with E-state index in [1.54, 1.807) is 0 Å². The van der Waals surface area contributed by atoms with Crippen molar-refractivity contribution in [2.45, 2.75) is 26.2 Å². The minimum absolute atomic E-state index is 0.0107. The normalized spacial score (nSPS) is 14.2. The predicted molar refractivity (Wildman–Crippen MR) is 80.1 cm³/mol. The number of hydrogen-bond acceptors (Lipinski definition) is 5. The quantitative estimate of drug-likeness (QED) is 0.860. The number of benzene rings is 1. The third-order valence-electron chi connectivity index (χ3n) is 3.56. The summed E-state index contributed by atoms with van der Waals surface area (Å²) in [5, 5.41) is 4.02. The number of aromatic nitrogens is 2. The van der Waals surface area contributed by atoms with E-state index in [1.807, 2.05) is 30.0 Å². The first-order valence-corrected chi connectivity index (χ1v) is 7.49. The van der Waals surface area contributed by atoms with Crippen LogP contribution in [0.25, 0.3) is 0 Å². The Morgan fingerprint density at radius 1 is 1.50 bits per heavy atom. The Hall–Kier alpha value is -1.95. The van der Waals surface area contributed by atoms with Crippen LogP contribution in [0, 0.1) is 0 Å². The van der Waals surface area contributed by atoms with Crippen molar-refractivity contribution in [2.75, 3.05) is 17.2 Å². The van der Waals surface area contributed by atoms with E-state index in [-0.39, 0.29) is 5.91 Å². The molecule has 6 heteroatoms. The molecule has 2 aromatic rings. The second-order valence-corrected chi connectivity index (χ2v) is 5.60. The van der Waals surface area contributed by atoms with Crippen molar-refractivity contribution in [3.8, 4) is 0 Å². The zero-order valence-corrected chi connectivity index (χ0v) is 12.1. The summed E-state index contributed by atoms with van der Waals surface area (Å²) < 4.78 is 3.90. The van der Waals surface area contributed by atoms with Crippen molar-refractivity contribution in [1.29, 1.82) is 0 Å². The number of carbonyl (C=O) groups is 1. The molecule has 0 saturated carbocycles. The molecule has 0 aliphatic carbocycles. The van der Waals surface area contributed by atoms with Crippen molar-refractivity contribution < 1.29 is 4.79 Å². The number of nitrogens with zero attached hydrogens (tertiary/aromatic N) is 3. The molecule has 0 atom stereocenters. The summed E-state index contributed by atoms with van der Waals surface area (Å²) in [6, 6.07) is 5.78. The third-order valence-corrected chi connectivity index (χ3v) is 4.31. The fraction of sp³-hybridized carbons (Fsp3) is 0.357. The van der Waals surface area contributed by atoms with Gasteiger partial charge in [-0.1, -0.05) is 17.5 Å². The van der Waals surface area contributed by atoms with Crippen LogP contribution in [0.5, 0.6) is 0 Å². The second-order valence-electron chi connectivity index (χ2n) is 4.85. The number of aryl methyl sites for hydroxylation is 2. The highest BCUT2D eigenvalue weighted by atomic mass is 32.1. The molecule has 0 spiro atoms. The van der Waals surface area contributed by atoms with Crippen LogP contribution in [0.2, 0.25) is 0 Å². The zero-order chi connectivity index (χ0) is 14.1. The van der Waals surface area contributed by atoms with Crippen LogP contribution >= 0.6 is 11.5 Å². The number of nitrogen functional groups attached to an aromatic ring is 1. The first-order valence-electron chi connectivity index (χ1n) is 6.72. The van der Waals surface area contributed by atoms with Gasteiger partial charge in [0.2, 0.25) is 0 Å². The second kappa shape index (κ2) is 5.20. The molecule has 0 unspecified atom stereocenters.